The number of hydrogen-bond acceptors (Lipinski definition) is 4. The van der Waals surface area contributed by atoms with Gasteiger partial charge in [-0.3, -0.25) is 9.59 Å². The zero-order chi connectivity index (χ0) is 17.3. The van der Waals surface area contributed by atoms with Gasteiger partial charge in [0.25, 0.3) is 5.91 Å². The number of amides is 1. The van der Waals surface area contributed by atoms with Crippen molar-refractivity contribution in [1.82, 2.24) is 9.88 Å². The Morgan fingerprint density at radius 2 is 1.96 bits per heavy atom. The highest BCUT2D eigenvalue weighted by atomic mass is 32.1. The normalized spacial score (nSPS) is 14.7. The summed E-state index contributed by atoms with van der Waals surface area (Å²) in [4.78, 5) is 30.0. The Kier molecular flexibility index (Phi) is 4.66. The average molecular weight is 343 g/mol. The van der Waals surface area contributed by atoms with Gasteiger partial charge in [-0.15, -0.1) is 0 Å². The Labute approximate surface area is 145 Å². The zero-order valence-corrected chi connectivity index (χ0v) is 14.9. The van der Waals surface area contributed by atoms with Crippen molar-refractivity contribution in [2.24, 2.45) is 4.99 Å². The molecule has 0 aliphatic heterocycles. The molecule has 3 rings (SSSR count). The van der Waals surface area contributed by atoms with Crippen LogP contribution in [0.2, 0.25) is 0 Å². The van der Waals surface area contributed by atoms with E-state index in [1.807, 2.05) is 26.0 Å². The molecule has 24 heavy (non-hydrogen) atoms. The van der Waals surface area contributed by atoms with Crippen LogP contribution in [0.4, 0.5) is 5.69 Å². The number of rotatable bonds is 5. The third-order valence-corrected chi connectivity index (χ3v) is 5.27. The first-order valence-electron chi connectivity index (χ1n) is 8.17. The summed E-state index contributed by atoms with van der Waals surface area (Å²) in [5, 5.41) is 2.78. The first kappa shape index (κ1) is 16.6. The van der Waals surface area contributed by atoms with Crippen LogP contribution < -0.4 is 10.1 Å². The van der Waals surface area contributed by atoms with E-state index in [1.165, 1.54) is 11.3 Å². The molecule has 1 saturated carbocycles. The highest BCUT2D eigenvalue weighted by molar-refractivity contribution is 7.11. The molecule has 1 heterocycles. The molecule has 2 aromatic rings. The van der Waals surface area contributed by atoms with E-state index in [9.17, 15) is 9.59 Å². The van der Waals surface area contributed by atoms with Crippen molar-refractivity contribution in [2.45, 2.75) is 39.7 Å². The van der Waals surface area contributed by atoms with Crippen molar-refractivity contribution in [3.8, 4) is 0 Å². The minimum atomic E-state index is -0.0806. The molecule has 0 saturated heterocycles. The Morgan fingerprint density at radius 3 is 2.50 bits per heavy atom. The molecule has 6 heteroatoms. The summed E-state index contributed by atoms with van der Waals surface area (Å²) in [7, 11) is 0. The lowest BCUT2D eigenvalue weighted by atomic mass is 10.2. The number of nitrogens with zero attached hydrogens (tertiary/aromatic N) is 2. The van der Waals surface area contributed by atoms with Crippen molar-refractivity contribution >= 4 is 28.7 Å². The Morgan fingerprint density at radius 1 is 1.29 bits per heavy atom. The average Bonchev–Trinajstić information content (AvgIpc) is 3.32. The Balaban J connectivity index is 1.98. The summed E-state index contributed by atoms with van der Waals surface area (Å²) in [5.41, 5.74) is 2.42. The first-order chi connectivity index (χ1) is 11.5. The number of nitrogens with one attached hydrogen (secondary N) is 1. The first-order valence-corrected chi connectivity index (χ1v) is 8.98. The molecule has 1 aliphatic carbocycles. The van der Waals surface area contributed by atoms with Crippen LogP contribution in [0.3, 0.4) is 0 Å². The molecule has 0 bridgehead atoms. The van der Waals surface area contributed by atoms with Crippen molar-refractivity contribution in [3.05, 3.63) is 45.2 Å². The summed E-state index contributed by atoms with van der Waals surface area (Å²) in [6, 6.07) is 7.69. The maximum Gasteiger partial charge on any atom is 0.251 e. The summed E-state index contributed by atoms with van der Waals surface area (Å²) in [5.74, 6) is 0.00265. The van der Waals surface area contributed by atoms with Crippen molar-refractivity contribution in [3.63, 3.8) is 0 Å². The monoisotopic (exact) mass is 343 g/mol. The van der Waals surface area contributed by atoms with Crippen LogP contribution in [0.5, 0.6) is 0 Å². The zero-order valence-electron chi connectivity index (χ0n) is 14.1. The SMILES string of the molecule is CCNC(=O)c1ccc(N=c2sc(C(C)=O)c(C)n2C2CC2)cc1. The fourth-order valence-electron chi connectivity index (χ4n) is 2.69. The molecule has 1 amide bonds. The second kappa shape index (κ2) is 6.73. The van der Waals surface area contributed by atoms with Crippen molar-refractivity contribution in [2.75, 3.05) is 6.54 Å². The summed E-state index contributed by atoms with van der Waals surface area (Å²) in [6.07, 6.45) is 2.27. The largest absolute Gasteiger partial charge is 0.352 e. The van der Waals surface area contributed by atoms with E-state index in [4.69, 9.17) is 4.99 Å². The van der Waals surface area contributed by atoms with Gasteiger partial charge in [0.15, 0.2) is 10.6 Å². The van der Waals surface area contributed by atoms with Gasteiger partial charge in [0.1, 0.15) is 0 Å². The molecular weight excluding hydrogens is 322 g/mol. The van der Waals surface area contributed by atoms with Crippen molar-refractivity contribution < 1.29 is 9.59 Å². The van der Waals surface area contributed by atoms with Gasteiger partial charge in [-0.1, -0.05) is 11.3 Å². The molecule has 0 unspecified atom stereocenters. The summed E-state index contributed by atoms with van der Waals surface area (Å²) < 4.78 is 2.18. The van der Waals surface area contributed by atoms with Gasteiger partial charge in [0.2, 0.25) is 0 Å². The van der Waals surface area contributed by atoms with E-state index in [2.05, 4.69) is 9.88 Å². The highest BCUT2D eigenvalue weighted by Gasteiger charge is 2.28. The summed E-state index contributed by atoms with van der Waals surface area (Å²) in [6.45, 7) is 6.09. The molecule has 1 fully saturated rings. The number of aromatic nitrogens is 1. The van der Waals surface area contributed by atoms with Crippen LogP contribution >= 0.6 is 11.3 Å². The minimum absolute atomic E-state index is 0.0806. The van der Waals surface area contributed by atoms with E-state index in [1.54, 1.807) is 19.1 Å². The van der Waals surface area contributed by atoms with E-state index in [0.29, 0.717) is 18.2 Å². The number of carbonyl (C=O) groups excluding carboxylic acids is 2. The third kappa shape index (κ3) is 3.33. The van der Waals surface area contributed by atoms with Crippen LogP contribution in [0, 0.1) is 6.92 Å². The second-order valence-corrected chi connectivity index (χ2v) is 6.95. The number of thiazole rings is 1. The predicted octanol–water partition coefficient (Wildman–Crippen LogP) is 3.38. The molecule has 0 radical (unpaired) electrons. The summed E-state index contributed by atoms with van der Waals surface area (Å²) >= 11 is 1.44. The number of Topliss-reactive ketones (excluding diaryl/α,β-unsaturated/α-hetero) is 1. The van der Waals surface area contributed by atoms with Gasteiger partial charge in [0.05, 0.1) is 10.6 Å². The molecule has 1 aromatic heterocycles. The lowest BCUT2D eigenvalue weighted by Gasteiger charge is -2.04. The van der Waals surface area contributed by atoms with Gasteiger partial charge in [0, 0.05) is 30.8 Å². The van der Waals surface area contributed by atoms with Crippen molar-refractivity contribution in [1.29, 1.82) is 0 Å². The van der Waals surface area contributed by atoms with E-state index >= 15 is 0 Å². The fraction of sp³-hybridized carbons (Fsp3) is 0.389. The number of hydrogen-bond donors (Lipinski definition) is 1. The Bertz CT molecular complexity index is 842. The standard InChI is InChI=1S/C18H21N3O2S/c1-4-19-17(23)13-5-7-14(8-6-13)20-18-21(15-9-10-15)11(2)16(24-18)12(3)22/h5-8,15H,4,9-10H2,1-3H3,(H,19,23). The molecular formula is C18H21N3O2S. The lowest BCUT2D eigenvalue weighted by molar-refractivity contribution is 0.0954. The molecule has 1 N–H and O–H groups in total. The molecule has 1 aromatic carbocycles. The highest BCUT2D eigenvalue weighted by Crippen LogP contribution is 2.36. The maximum absolute atomic E-state index is 11.8. The molecule has 1 aliphatic rings. The smallest absolute Gasteiger partial charge is 0.251 e. The van der Waals surface area contributed by atoms with Crippen LogP contribution in [-0.4, -0.2) is 22.8 Å². The molecule has 126 valence electrons. The van der Waals surface area contributed by atoms with Gasteiger partial charge in [-0.2, -0.15) is 0 Å². The topological polar surface area (TPSA) is 63.5 Å². The van der Waals surface area contributed by atoms with E-state index in [0.717, 1.165) is 33.9 Å². The van der Waals surface area contributed by atoms with Gasteiger partial charge in [-0.25, -0.2) is 4.99 Å². The number of benzene rings is 1. The third-order valence-electron chi connectivity index (χ3n) is 4.01. The van der Waals surface area contributed by atoms with Gasteiger partial charge in [-0.05, 0) is 51.0 Å². The molecule has 0 spiro atoms. The Hall–Kier alpha value is -2.21. The quantitative estimate of drug-likeness (QED) is 0.846. The lowest BCUT2D eigenvalue weighted by Crippen LogP contribution is -2.22. The predicted molar refractivity (Wildman–Crippen MR) is 95.0 cm³/mol. The van der Waals surface area contributed by atoms with Gasteiger partial charge >= 0.3 is 0 Å². The second-order valence-electron chi connectivity index (χ2n) is 5.97. The molecule has 0 atom stereocenters. The van der Waals surface area contributed by atoms with E-state index in [-0.39, 0.29) is 11.7 Å². The van der Waals surface area contributed by atoms with E-state index < -0.39 is 0 Å². The van der Waals surface area contributed by atoms with Crippen LogP contribution in [0.25, 0.3) is 0 Å². The number of carbonyl (C=O) groups is 2. The van der Waals surface area contributed by atoms with Gasteiger partial charge < -0.3 is 9.88 Å². The van der Waals surface area contributed by atoms with Crippen LogP contribution in [-0.2, 0) is 0 Å². The van der Waals surface area contributed by atoms with Crippen LogP contribution in [0.15, 0.2) is 29.3 Å². The minimum Gasteiger partial charge on any atom is -0.352 e. The molecule has 5 nitrogen and oxygen atoms in total. The number of ketones is 1. The maximum atomic E-state index is 11.8. The fourth-order valence-corrected chi connectivity index (χ4v) is 3.80. The van der Waals surface area contributed by atoms with Crippen LogP contribution in [0.1, 0.15) is 58.5 Å².